The van der Waals surface area contributed by atoms with Crippen molar-refractivity contribution >= 4 is 56.9 Å². The maximum absolute atomic E-state index is 13.9. The third kappa shape index (κ3) is 5.02. The lowest BCUT2D eigenvalue weighted by molar-refractivity contribution is -0.127. The summed E-state index contributed by atoms with van der Waals surface area (Å²) in [7, 11) is 6.71. The minimum atomic E-state index is -1.59. The third-order valence-electron chi connectivity index (χ3n) is 12.4. The molecule has 20 heteroatoms. The first-order valence-electron chi connectivity index (χ1n) is 17.7. The van der Waals surface area contributed by atoms with Crippen LogP contribution in [0.2, 0.25) is 0 Å². The highest BCUT2D eigenvalue weighted by Gasteiger charge is 2.75. The number of nitrogens with two attached hydrogens (primary N) is 2. The zero-order valence-electron chi connectivity index (χ0n) is 30.0. The quantitative estimate of drug-likeness (QED) is 0.0499. The Morgan fingerprint density at radius 1 is 0.722 bits per heavy atom. The number of ether oxygens (including phenoxy) is 2. The summed E-state index contributed by atoms with van der Waals surface area (Å²) < 4.78 is 10.2. The molecule has 0 spiro atoms. The van der Waals surface area contributed by atoms with Crippen molar-refractivity contribution in [2.75, 3.05) is 65.0 Å². The largest absolute Gasteiger partial charge is 0.449 e. The highest BCUT2D eigenvalue weighted by molar-refractivity contribution is 8.76. The van der Waals surface area contributed by atoms with E-state index in [0.29, 0.717) is 37.7 Å². The maximum Gasteiger partial charge on any atom is 0.404 e. The molecule has 2 amide bonds. The molecule has 8 aliphatic rings. The van der Waals surface area contributed by atoms with Gasteiger partial charge in [-0.05, 0) is 27.9 Å². The molecule has 0 saturated carbocycles. The number of Topliss-reactive ketones (excluding diaryl/α,β-unsaturated/α-hetero) is 4. The average Bonchev–Trinajstić information content (AvgIpc) is 3.74. The van der Waals surface area contributed by atoms with Crippen LogP contribution in [0.25, 0.3) is 0 Å². The van der Waals surface area contributed by atoms with Gasteiger partial charge in [-0.25, -0.2) is 9.59 Å². The molecule has 8 N–H and O–H groups in total. The fourth-order valence-electron chi connectivity index (χ4n) is 9.73. The topological polar surface area (TPSA) is 250 Å². The Hall–Kier alpha value is -4.08. The van der Waals surface area contributed by atoms with Gasteiger partial charge in [-0.1, -0.05) is 21.6 Å². The van der Waals surface area contributed by atoms with Gasteiger partial charge < -0.3 is 51.6 Å². The van der Waals surface area contributed by atoms with E-state index in [1.54, 1.807) is 23.6 Å². The van der Waals surface area contributed by atoms with Gasteiger partial charge in [0.1, 0.15) is 13.2 Å². The van der Waals surface area contributed by atoms with Gasteiger partial charge in [0.05, 0.1) is 46.7 Å². The molecule has 0 radical (unpaired) electrons. The smallest absolute Gasteiger partial charge is 0.404 e. The van der Waals surface area contributed by atoms with Gasteiger partial charge in [-0.2, -0.15) is 0 Å². The fourth-order valence-corrected chi connectivity index (χ4v) is 11.5. The summed E-state index contributed by atoms with van der Waals surface area (Å²) >= 11 is 0. The third-order valence-corrected chi connectivity index (χ3v) is 14.8. The molecule has 0 aromatic carbocycles. The Morgan fingerprint density at radius 2 is 1.09 bits per heavy atom. The molecule has 54 heavy (non-hydrogen) atoms. The fraction of sp³-hybridized carbons (Fsp3) is 0.588. The molecular formula is C34H42N8O10S2. The number of hydrogen-bond donors (Lipinski definition) is 6. The normalized spacial score (nSPS) is 37.0. The summed E-state index contributed by atoms with van der Waals surface area (Å²) in [6.45, 7) is 3.87. The number of likely N-dealkylation sites (N-methyl/N-ethyl adjacent to an activating group) is 2. The molecule has 2 aliphatic carbocycles. The van der Waals surface area contributed by atoms with Crippen molar-refractivity contribution in [2.45, 2.75) is 49.5 Å². The molecule has 4 saturated heterocycles. The lowest BCUT2D eigenvalue weighted by atomic mass is 9.82. The van der Waals surface area contributed by atoms with Crippen LogP contribution in [-0.4, -0.2) is 166 Å². The second-order valence-corrected chi connectivity index (χ2v) is 17.5. The number of piperazine rings is 2. The van der Waals surface area contributed by atoms with E-state index in [1.807, 2.05) is 23.9 Å². The van der Waals surface area contributed by atoms with E-state index in [9.17, 15) is 39.0 Å². The molecule has 2 unspecified atom stereocenters. The van der Waals surface area contributed by atoms with Gasteiger partial charge in [0.25, 0.3) is 0 Å². The zero-order valence-corrected chi connectivity index (χ0v) is 31.7. The first-order valence-corrected chi connectivity index (χ1v) is 20.2. The van der Waals surface area contributed by atoms with E-state index in [4.69, 9.17) is 20.9 Å². The van der Waals surface area contributed by atoms with Gasteiger partial charge >= 0.3 is 12.2 Å². The van der Waals surface area contributed by atoms with E-state index in [-0.39, 0.29) is 94.0 Å². The number of primary amides is 2. The molecule has 0 aromatic heterocycles. The first-order chi connectivity index (χ1) is 25.6. The number of rotatable bonds is 13. The van der Waals surface area contributed by atoms with Crippen molar-refractivity contribution in [1.82, 2.24) is 30.2 Å². The molecule has 0 bridgehead atoms. The van der Waals surface area contributed by atoms with E-state index in [2.05, 4.69) is 10.6 Å². The number of ketones is 4. The SMILES string of the molecule is CC1=C(NCCSSCCNC2=C(C)C(=O)C3=C(C2=O)[C@H](COC(N)=O)[C@@]2(O)[C@@H]4[C@H](CN32)N4C)C(=O)C2=C(C1=O)N1C[C@H]3[C@H](N3C)[C@]1(O)[C@H]2COC(N)=O. The van der Waals surface area contributed by atoms with Gasteiger partial charge in [0.2, 0.25) is 23.1 Å². The Bertz CT molecular complexity index is 1810. The van der Waals surface area contributed by atoms with Crippen LogP contribution < -0.4 is 22.1 Å². The van der Waals surface area contributed by atoms with Crippen LogP contribution >= 0.6 is 21.6 Å². The molecule has 6 aliphatic heterocycles. The number of hydrogen-bond acceptors (Lipinski definition) is 18. The number of carbonyl (C=O) groups is 6. The van der Waals surface area contributed by atoms with E-state index >= 15 is 0 Å². The average molecular weight is 787 g/mol. The summed E-state index contributed by atoms with van der Waals surface area (Å²) in [5.41, 5.74) is 8.59. The monoisotopic (exact) mass is 786 g/mol. The lowest BCUT2D eigenvalue weighted by Gasteiger charge is -2.37. The minimum Gasteiger partial charge on any atom is -0.449 e. The van der Waals surface area contributed by atoms with Crippen LogP contribution in [0.5, 0.6) is 0 Å². The molecular weight excluding hydrogens is 745 g/mol. The number of allylic oxidation sites excluding steroid dienone is 4. The molecule has 10 atom stereocenters. The number of carbonyl (C=O) groups excluding carboxylic acids is 6. The van der Waals surface area contributed by atoms with Gasteiger partial charge in [-0.15, -0.1) is 0 Å². The molecule has 290 valence electrons. The predicted molar refractivity (Wildman–Crippen MR) is 192 cm³/mol. The summed E-state index contributed by atoms with van der Waals surface area (Å²) in [5, 5.41) is 30.0. The Balaban J connectivity index is 0.850. The summed E-state index contributed by atoms with van der Waals surface area (Å²) in [4.78, 5) is 85.3. The van der Waals surface area contributed by atoms with Crippen molar-refractivity contribution in [3.8, 4) is 0 Å². The molecule has 4 fully saturated rings. The molecule has 18 nitrogen and oxygen atoms in total. The standard InChI is InChI=1S/C34H42N8O10S2/c1-13-21(27(45)19-15(11-51-31(35)47)33(49)29-17(39(29)3)9-41(33)23(19)25(13)43)37-5-7-53-54-8-6-38-22-14(2)26(44)24-20(28(22)46)16(12-52-32(36)48)34(50)30-18(40(30)4)10-42(24)34/h15-18,29-30,37-38,49-50H,5-12H2,1-4H3,(H2,35,47)(H2,36,48)/t15-,16-,17-,18-,29-,30-,33+,34+,39?,40?/m0/s1. The number of nitrogens with one attached hydrogen (secondary N) is 2. The number of fused-ring (bicyclic) bond motifs is 8. The van der Waals surface area contributed by atoms with Crippen LogP contribution in [0.1, 0.15) is 13.8 Å². The van der Waals surface area contributed by atoms with Crippen LogP contribution in [0.4, 0.5) is 9.59 Å². The van der Waals surface area contributed by atoms with Crippen molar-refractivity contribution in [1.29, 1.82) is 0 Å². The predicted octanol–water partition coefficient (Wildman–Crippen LogP) is -2.27. The van der Waals surface area contributed by atoms with Crippen molar-refractivity contribution < 1.29 is 48.5 Å². The van der Waals surface area contributed by atoms with Gasteiger partial charge in [0.15, 0.2) is 11.4 Å². The van der Waals surface area contributed by atoms with E-state index in [1.165, 1.54) is 21.6 Å². The molecule has 0 aromatic rings. The van der Waals surface area contributed by atoms with Crippen molar-refractivity contribution in [3.63, 3.8) is 0 Å². The maximum atomic E-state index is 13.9. The summed E-state index contributed by atoms with van der Waals surface area (Å²) in [6.07, 6.45) is -2.09. The highest BCUT2D eigenvalue weighted by atomic mass is 33.1. The Morgan fingerprint density at radius 3 is 1.44 bits per heavy atom. The lowest BCUT2D eigenvalue weighted by Crippen LogP contribution is -2.53. The van der Waals surface area contributed by atoms with Crippen LogP contribution in [-0.2, 0) is 28.7 Å². The van der Waals surface area contributed by atoms with Crippen LogP contribution in [0.3, 0.4) is 0 Å². The van der Waals surface area contributed by atoms with Gasteiger partial charge in [0, 0.05) is 72.1 Å². The summed E-state index contributed by atoms with van der Waals surface area (Å²) in [5.74, 6) is -2.43. The van der Waals surface area contributed by atoms with E-state index < -0.39 is 47.0 Å². The van der Waals surface area contributed by atoms with Crippen molar-refractivity contribution in [3.05, 3.63) is 45.1 Å². The van der Waals surface area contributed by atoms with Crippen LogP contribution in [0.15, 0.2) is 45.1 Å². The highest BCUT2D eigenvalue weighted by Crippen LogP contribution is 2.59. The zero-order chi connectivity index (χ0) is 38.8. The van der Waals surface area contributed by atoms with Gasteiger partial charge in [-0.3, -0.25) is 29.0 Å². The minimum absolute atomic E-state index is 0.0159. The Kier molecular flexibility index (Phi) is 8.70. The Labute approximate surface area is 317 Å². The molecule has 6 heterocycles. The number of aliphatic hydroxyl groups is 2. The first kappa shape index (κ1) is 36.9. The number of nitrogens with zero attached hydrogens (tertiary/aromatic N) is 4. The second-order valence-electron chi connectivity index (χ2n) is 14.8. The number of amides is 2. The van der Waals surface area contributed by atoms with Crippen molar-refractivity contribution in [2.24, 2.45) is 23.3 Å². The molecule has 8 rings (SSSR count). The second kappa shape index (κ2) is 12.7. The summed E-state index contributed by atoms with van der Waals surface area (Å²) in [6, 6.07) is -0.613. The van der Waals surface area contributed by atoms with E-state index in [0.717, 1.165) is 0 Å². The van der Waals surface area contributed by atoms with Crippen LogP contribution in [0, 0.1) is 11.8 Å².